The second kappa shape index (κ2) is 7.45. The number of rotatable bonds is 6. The second-order valence-corrected chi connectivity index (χ2v) is 5.28. The molecule has 0 radical (unpaired) electrons. The molecule has 0 bridgehead atoms. The fraction of sp³-hybridized carbons (Fsp3) is 0.846. The molecule has 110 valence electrons. The maximum absolute atomic E-state index is 12.5. The Morgan fingerprint density at radius 3 is 2.47 bits per heavy atom. The maximum atomic E-state index is 12.5. The van der Waals surface area contributed by atoms with Gasteiger partial charge in [-0.1, -0.05) is 6.92 Å². The van der Waals surface area contributed by atoms with Crippen molar-refractivity contribution in [1.29, 1.82) is 0 Å². The van der Waals surface area contributed by atoms with Crippen LogP contribution in [0.5, 0.6) is 0 Å². The van der Waals surface area contributed by atoms with Gasteiger partial charge in [-0.2, -0.15) is 0 Å². The van der Waals surface area contributed by atoms with Crippen molar-refractivity contribution in [3.05, 3.63) is 0 Å². The van der Waals surface area contributed by atoms with Crippen LogP contribution in [-0.2, 0) is 14.3 Å². The first-order valence-corrected chi connectivity index (χ1v) is 6.66. The van der Waals surface area contributed by atoms with Gasteiger partial charge in [0.05, 0.1) is 19.1 Å². The summed E-state index contributed by atoms with van der Waals surface area (Å²) in [5.74, 6) is 0.256. The Hall–Kier alpha value is -1.14. The van der Waals surface area contributed by atoms with Gasteiger partial charge in [0.25, 0.3) is 0 Å². The van der Waals surface area contributed by atoms with Crippen LogP contribution in [0.25, 0.3) is 0 Å². The number of methoxy groups -OCH3 is 1. The SMILES string of the molecule is COCCN(CC(=O)N(C)C)C(=O)[C@@H]1CNC[C@H]1C. The van der Waals surface area contributed by atoms with E-state index in [1.165, 1.54) is 4.90 Å². The molecule has 0 aliphatic carbocycles. The van der Waals surface area contributed by atoms with Crippen LogP contribution < -0.4 is 5.32 Å². The lowest BCUT2D eigenvalue weighted by atomic mass is 9.96. The topological polar surface area (TPSA) is 61.9 Å². The van der Waals surface area contributed by atoms with Crippen molar-refractivity contribution in [2.75, 3.05) is 54.0 Å². The zero-order chi connectivity index (χ0) is 14.4. The molecule has 1 heterocycles. The lowest BCUT2D eigenvalue weighted by molar-refractivity contribution is -0.142. The molecule has 0 aromatic rings. The summed E-state index contributed by atoms with van der Waals surface area (Å²) < 4.78 is 5.02. The van der Waals surface area contributed by atoms with Crippen LogP contribution in [0.2, 0.25) is 0 Å². The van der Waals surface area contributed by atoms with Crippen LogP contribution in [0, 0.1) is 11.8 Å². The first kappa shape index (κ1) is 15.9. The molecule has 6 heteroatoms. The number of carbonyl (C=O) groups excluding carboxylic acids is 2. The normalized spacial score (nSPS) is 22.3. The number of amides is 2. The third-order valence-corrected chi connectivity index (χ3v) is 3.54. The molecule has 19 heavy (non-hydrogen) atoms. The van der Waals surface area contributed by atoms with Crippen LogP contribution in [0.3, 0.4) is 0 Å². The Balaban J connectivity index is 2.66. The summed E-state index contributed by atoms with van der Waals surface area (Å²) in [6.07, 6.45) is 0. The lowest BCUT2D eigenvalue weighted by Crippen LogP contribution is -2.45. The van der Waals surface area contributed by atoms with E-state index in [2.05, 4.69) is 12.2 Å². The smallest absolute Gasteiger partial charge is 0.241 e. The fourth-order valence-corrected chi connectivity index (χ4v) is 2.15. The minimum absolute atomic E-state index is 0.0354. The number of hydrogen-bond donors (Lipinski definition) is 1. The van der Waals surface area contributed by atoms with Crippen molar-refractivity contribution in [1.82, 2.24) is 15.1 Å². The number of nitrogens with zero attached hydrogens (tertiary/aromatic N) is 2. The fourth-order valence-electron chi connectivity index (χ4n) is 2.15. The van der Waals surface area contributed by atoms with Crippen molar-refractivity contribution in [2.24, 2.45) is 11.8 Å². The van der Waals surface area contributed by atoms with Crippen molar-refractivity contribution >= 4 is 11.8 Å². The van der Waals surface area contributed by atoms with E-state index in [0.717, 1.165) is 6.54 Å². The summed E-state index contributed by atoms with van der Waals surface area (Å²) in [6, 6.07) is 0. The Bertz CT molecular complexity index is 320. The summed E-state index contributed by atoms with van der Waals surface area (Å²) >= 11 is 0. The molecule has 0 aromatic carbocycles. The van der Waals surface area contributed by atoms with E-state index in [1.54, 1.807) is 26.1 Å². The average molecular weight is 271 g/mol. The highest BCUT2D eigenvalue weighted by Crippen LogP contribution is 2.18. The maximum Gasteiger partial charge on any atom is 0.241 e. The summed E-state index contributed by atoms with van der Waals surface area (Å²) in [5.41, 5.74) is 0. The van der Waals surface area contributed by atoms with Gasteiger partial charge < -0.3 is 19.9 Å². The molecular formula is C13H25N3O3. The van der Waals surface area contributed by atoms with Gasteiger partial charge in [-0.25, -0.2) is 0 Å². The van der Waals surface area contributed by atoms with Gasteiger partial charge in [0.1, 0.15) is 0 Å². The molecular weight excluding hydrogens is 246 g/mol. The van der Waals surface area contributed by atoms with E-state index in [0.29, 0.717) is 25.6 Å². The molecule has 0 saturated carbocycles. The monoisotopic (exact) mass is 271 g/mol. The highest BCUT2D eigenvalue weighted by Gasteiger charge is 2.33. The molecule has 1 saturated heterocycles. The molecule has 0 spiro atoms. The van der Waals surface area contributed by atoms with E-state index in [-0.39, 0.29) is 24.3 Å². The molecule has 1 rings (SSSR count). The van der Waals surface area contributed by atoms with Gasteiger partial charge in [-0.05, 0) is 12.5 Å². The second-order valence-electron chi connectivity index (χ2n) is 5.28. The summed E-state index contributed by atoms with van der Waals surface area (Å²) in [5, 5.41) is 3.22. The zero-order valence-electron chi connectivity index (χ0n) is 12.3. The van der Waals surface area contributed by atoms with Gasteiger partial charge in [-0.15, -0.1) is 0 Å². The van der Waals surface area contributed by atoms with Crippen LogP contribution in [0.4, 0.5) is 0 Å². The molecule has 0 unspecified atom stereocenters. The van der Waals surface area contributed by atoms with E-state index in [1.807, 2.05) is 0 Å². The number of nitrogens with one attached hydrogen (secondary N) is 1. The minimum atomic E-state index is -0.0666. The Morgan fingerprint density at radius 1 is 1.32 bits per heavy atom. The van der Waals surface area contributed by atoms with Gasteiger partial charge in [0.2, 0.25) is 11.8 Å². The highest BCUT2D eigenvalue weighted by molar-refractivity contribution is 5.86. The molecule has 1 fully saturated rings. The Morgan fingerprint density at radius 2 is 2.00 bits per heavy atom. The summed E-state index contributed by atoms with van der Waals surface area (Å²) in [7, 11) is 4.98. The molecule has 1 N–H and O–H groups in total. The van der Waals surface area contributed by atoms with Crippen LogP contribution in [0.1, 0.15) is 6.92 Å². The molecule has 1 aliphatic heterocycles. The number of hydrogen-bond acceptors (Lipinski definition) is 4. The largest absolute Gasteiger partial charge is 0.383 e. The van der Waals surface area contributed by atoms with E-state index < -0.39 is 0 Å². The van der Waals surface area contributed by atoms with E-state index in [4.69, 9.17) is 4.74 Å². The predicted octanol–water partition coefficient (Wildman–Crippen LogP) is -0.595. The van der Waals surface area contributed by atoms with Gasteiger partial charge in [-0.3, -0.25) is 9.59 Å². The van der Waals surface area contributed by atoms with Crippen LogP contribution in [-0.4, -0.2) is 75.6 Å². The first-order chi connectivity index (χ1) is 8.97. The molecule has 2 atom stereocenters. The number of ether oxygens (including phenoxy) is 1. The van der Waals surface area contributed by atoms with Crippen molar-refractivity contribution < 1.29 is 14.3 Å². The number of likely N-dealkylation sites (N-methyl/N-ethyl adjacent to an activating group) is 1. The summed E-state index contributed by atoms with van der Waals surface area (Å²) in [6.45, 7) is 4.64. The standard InChI is InChI=1S/C13H25N3O3/c1-10-7-14-8-11(10)13(18)16(5-6-19-4)9-12(17)15(2)3/h10-11,14H,5-9H2,1-4H3/t10-,11-/m1/s1. The Labute approximate surface area is 115 Å². The van der Waals surface area contributed by atoms with E-state index >= 15 is 0 Å². The number of carbonyl (C=O) groups is 2. The van der Waals surface area contributed by atoms with Crippen molar-refractivity contribution in [3.63, 3.8) is 0 Å². The quantitative estimate of drug-likeness (QED) is 0.701. The third kappa shape index (κ3) is 4.47. The van der Waals surface area contributed by atoms with Gasteiger partial charge in [0.15, 0.2) is 0 Å². The van der Waals surface area contributed by atoms with Crippen LogP contribution in [0.15, 0.2) is 0 Å². The minimum Gasteiger partial charge on any atom is -0.383 e. The third-order valence-electron chi connectivity index (χ3n) is 3.54. The predicted molar refractivity (Wildman–Crippen MR) is 72.7 cm³/mol. The van der Waals surface area contributed by atoms with Gasteiger partial charge in [0, 0.05) is 34.3 Å². The lowest BCUT2D eigenvalue weighted by Gasteiger charge is -2.27. The molecule has 1 aliphatic rings. The Kier molecular flexibility index (Phi) is 6.24. The molecule has 2 amide bonds. The highest BCUT2D eigenvalue weighted by atomic mass is 16.5. The van der Waals surface area contributed by atoms with Crippen molar-refractivity contribution in [3.8, 4) is 0 Å². The van der Waals surface area contributed by atoms with E-state index in [9.17, 15) is 9.59 Å². The van der Waals surface area contributed by atoms with Gasteiger partial charge >= 0.3 is 0 Å². The zero-order valence-corrected chi connectivity index (χ0v) is 12.3. The molecule has 0 aromatic heterocycles. The van der Waals surface area contributed by atoms with Crippen LogP contribution >= 0.6 is 0 Å². The van der Waals surface area contributed by atoms with Crippen molar-refractivity contribution in [2.45, 2.75) is 6.92 Å². The molecule has 6 nitrogen and oxygen atoms in total. The average Bonchev–Trinajstić information content (AvgIpc) is 2.79. The summed E-state index contributed by atoms with van der Waals surface area (Å²) in [4.78, 5) is 27.4. The first-order valence-electron chi connectivity index (χ1n) is 6.66.